The average Bonchev–Trinajstić information content (AvgIpc) is 3.49. The van der Waals surface area contributed by atoms with Gasteiger partial charge in [-0.2, -0.15) is 0 Å². The van der Waals surface area contributed by atoms with Crippen LogP contribution in [0.25, 0.3) is 0 Å². The van der Waals surface area contributed by atoms with Gasteiger partial charge in [-0.25, -0.2) is 4.79 Å². The number of carbonyl (C=O) groups excluding carboxylic acids is 2. The SMILES string of the molecule is COCCOCCOCCOc1cccc(OC(=O)N2CCCC2)c1C1=N[C@](C)(C=O)CS1. The van der Waals surface area contributed by atoms with Gasteiger partial charge in [0.2, 0.25) is 0 Å². The summed E-state index contributed by atoms with van der Waals surface area (Å²) in [5, 5.41) is 0.622. The van der Waals surface area contributed by atoms with Crippen LogP contribution in [0, 0.1) is 0 Å². The second kappa shape index (κ2) is 12.9. The molecule has 0 unspecified atom stereocenters. The molecule has 1 saturated heterocycles. The lowest BCUT2D eigenvalue weighted by Crippen LogP contribution is -2.31. The van der Waals surface area contributed by atoms with Crippen molar-refractivity contribution >= 4 is 29.2 Å². The van der Waals surface area contributed by atoms with Crippen LogP contribution in [0.3, 0.4) is 0 Å². The molecular formula is C23H32N2O7S. The third kappa shape index (κ3) is 7.43. The summed E-state index contributed by atoms with van der Waals surface area (Å²) in [4.78, 5) is 30.4. The predicted octanol–water partition coefficient (Wildman–Crippen LogP) is 2.79. The second-order valence-corrected chi connectivity index (χ2v) is 8.90. The highest BCUT2D eigenvalue weighted by Crippen LogP contribution is 2.38. The van der Waals surface area contributed by atoms with E-state index >= 15 is 0 Å². The smallest absolute Gasteiger partial charge is 0.415 e. The number of thioether (sulfide) groups is 1. The largest absolute Gasteiger partial charge is 0.490 e. The first-order valence-electron chi connectivity index (χ1n) is 11.1. The minimum absolute atomic E-state index is 0.303. The number of likely N-dealkylation sites (tertiary alicyclic amines) is 1. The molecule has 1 amide bonds. The fourth-order valence-corrected chi connectivity index (χ4v) is 4.54. The van der Waals surface area contributed by atoms with Crippen molar-refractivity contribution in [2.24, 2.45) is 4.99 Å². The average molecular weight is 481 g/mol. The maximum Gasteiger partial charge on any atom is 0.415 e. The summed E-state index contributed by atoms with van der Waals surface area (Å²) in [7, 11) is 1.63. The van der Waals surface area contributed by atoms with Crippen molar-refractivity contribution < 1.29 is 33.3 Å². The first-order chi connectivity index (χ1) is 16.1. The van der Waals surface area contributed by atoms with Crippen LogP contribution in [0.4, 0.5) is 4.79 Å². The lowest BCUT2D eigenvalue weighted by Gasteiger charge is -2.18. The highest BCUT2D eigenvalue weighted by molar-refractivity contribution is 8.14. The van der Waals surface area contributed by atoms with E-state index in [2.05, 4.69) is 4.99 Å². The molecule has 0 bridgehead atoms. The second-order valence-electron chi connectivity index (χ2n) is 7.94. The van der Waals surface area contributed by atoms with Gasteiger partial charge in [-0.15, -0.1) is 11.8 Å². The molecule has 2 aliphatic rings. The Hall–Kier alpha value is -2.14. The number of aliphatic imine (C=N–C) groups is 1. The van der Waals surface area contributed by atoms with E-state index in [1.165, 1.54) is 11.8 Å². The fraction of sp³-hybridized carbons (Fsp3) is 0.609. The first-order valence-corrected chi connectivity index (χ1v) is 12.1. The van der Waals surface area contributed by atoms with Crippen molar-refractivity contribution in [1.29, 1.82) is 0 Å². The van der Waals surface area contributed by atoms with Crippen LogP contribution >= 0.6 is 11.8 Å². The topological polar surface area (TPSA) is 95.9 Å². The summed E-state index contributed by atoms with van der Waals surface area (Å²) in [5.74, 6) is 1.42. The lowest BCUT2D eigenvalue weighted by atomic mass is 10.1. The molecule has 2 aliphatic heterocycles. The molecular weight excluding hydrogens is 448 g/mol. The Labute approximate surface area is 198 Å². The van der Waals surface area contributed by atoms with Crippen LogP contribution in [0.2, 0.25) is 0 Å². The molecule has 1 aromatic rings. The third-order valence-corrected chi connectivity index (χ3v) is 6.46. The molecule has 182 valence electrons. The fourth-order valence-electron chi connectivity index (χ4n) is 3.36. The number of hydrogen-bond donors (Lipinski definition) is 0. The van der Waals surface area contributed by atoms with E-state index in [-0.39, 0.29) is 6.09 Å². The maximum atomic E-state index is 12.6. The van der Waals surface area contributed by atoms with Crippen molar-refractivity contribution in [2.45, 2.75) is 25.3 Å². The van der Waals surface area contributed by atoms with Crippen molar-refractivity contribution in [3.8, 4) is 11.5 Å². The Morgan fingerprint density at radius 2 is 1.76 bits per heavy atom. The van der Waals surface area contributed by atoms with Gasteiger partial charge in [-0.3, -0.25) is 4.99 Å². The zero-order chi connectivity index (χ0) is 23.5. The van der Waals surface area contributed by atoms with Crippen LogP contribution < -0.4 is 9.47 Å². The number of hydrogen-bond acceptors (Lipinski definition) is 9. The molecule has 0 aliphatic carbocycles. The molecule has 0 radical (unpaired) electrons. The van der Waals surface area contributed by atoms with Crippen LogP contribution in [-0.2, 0) is 19.0 Å². The van der Waals surface area contributed by atoms with Crippen LogP contribution in [0.5, 0.6) is 11.5 Å². The normalized spacial score (nSPS) is 20.1. The summed E-state index contributed by atoms with van der Waals surface area (Å²) in [6.45, 7) is 5.85. The molecule has 3 rings (SSSR count). The standard InChI is InChI=1S/C23H32N2O7S/c1-23(16-26)17-33-21(24-23)20-18(31-15-14-30-13-12-29-11-10-28-2)6-5-7-19(20)32-22(27)25-8-3-4-9-25/h5-7,16H,3-4,8-15,17H2,1-2H3/t23-/m1/s1. The van der Waals surface area contributed by atoms with Crippen LogP contribution in [0.15, 0.2) is 23.2 Å². The van der Waals surface area contributed by atoms with Crippen molar-refractivity contribution in [1.82, 2.24) is 4.90 Å². The van der Waals surface area contributed by atoms with Crippen molar-refractivity contribution in [2.75, 3.05) is 65.6 Å². The van der Waals surface area contributed by atoms with Crippen LogP contribution in [-0.4, -0.2) is 93.5 Å². The number of methoxy groups -OCH3 is 1. The minimum Gasteiger partial charge on any atom is -0.490 e. The molecule has 0 aromatic heterocycles. The van der Waals surface area contributed by atoms with E-state index in [4.69, 9.17) is 23.7 Å². The van der Waals surface area contributed by atoms with Gasteiger partial charge in [0.25, 0.3) is 0 Å². The number of ether oxygens (including phenoxy) is 5. The monoisotopic (exact) mass is 480 g/mol. The summed E-state index contributed by atoms with van der Waals surface area (Å²) in [6.07, 6.45) is 2.41. The lowest BCUT2D eigenvalue weighted by molar-refractivity contribution is -0.110. The number of carbonyl (C=O) groups is 2. The summed E-state index contributed by atoms with van der Waals surface area (Å²) < 4.78 is 27.5. The summed E-state index contributed by atoms with van der Waals surface area (Å²) in [5.41, 5.74) is -0.224. The Bertz CT molecular complexity index is 829. The van der Waals surface area contributed by atoms with Gasteiger partial charge in [-0.1, -0.05) is 6.07 Å². The highest BCUT2D eigenvalue weighted by atomic mass is 32.2. The number of aldehydes is 1. The van der Waals surface area contributed by atoms with Gasteiger partial charge in [0.05, 0.1) is 38.6 Å². The molecule has 0 N–H and O–H groups in total. The zero-order valence-electron chi connectivity index (χ0n) is 19.2. The minimum atomic E-state index is -0.810. The third-order valence-electron chi connectivity index (χ3n) is 5.16. The molecule has 1 fully saturated rings. The van der Waals surface area contributed by atoms with Crippen molar-refractivity contribution in [3.63, 3.8) is 0 Å². The quantitative estimate of drug-likeness (QED) is 0.314. The van der Waals surface area contributed by atoms with Gasteiger partial charge in [0.15, 0.2) is 0 Å². The predicted molar refractivity (Wildman–Crippen MR) is 126 cm³/mol. The Balaban J connectivity index is 1.66. The first kappa shape index (κ1) is 25.5. The number of nitrogens with zero attached hydrogens (tertiary/aromatic N) is 2. The molecule has 0 saturated carbocycles. The zero-order valence-corrected chi connectivity index (χ0v) is 20.1. The highest BCUT2D eigenvalue weighted by Gasteiger charge is 2.34. The number of rotatable bonds is 13. The van der Waals surface area contributed by atoms with E-state index < -0.39 is 5.54 Å². The summed E-state index contributed by atoms with van der Waals surface area (Å²) in [6, 6.07) is 5.30. The van der Waals surface area contributed by atoms with E-state index in [9.17, 15) is 9.59 Å². The molecule has 33 heavy (non-hydrogen) atoms. The molecule has 10 heteroatoms. The number of benzene rings is 1. The van der Waals surface area contributed by atoms with Crippen LogP contribution in [0.1, 0.15) is 25.3 Å². The van der Waals surface area contributed by atoms with E-state index in [0.717, 1.165) is 19.1 Å². The molecule has 2 heterocycles. The van der Waals surface area contributed by atoms with Gasteiger partial charge in [0, 0.05) is 26.0 Å². The van der Waals surface area contributed by atoms with E-state index in [1.54, 1.807) is 37.1 Å². The Morgan fingerprint density at radius 1 is 1.09 bits per heavy atom. The Kier molecular flexibility index (Phi) is 9.98. The Morgan fingerprint density at radius 3 is 2.42 bits per heavy atom. The molecule has 1 aromatic carbocycles. The maximum absolute atomic E-state index is 12.6. The van der Waals surface area contributed by atoms with Gasteiger partial charge >= 0.3 is 6.09 Å². The van der Waals surface area contributed by atoms with Crippen molar-refractivity contribution in [3.05, 3.63) is 23.8 Å². The number of amides is 1. The molecule has 1 atom stereocenters. The van der Waals surface area contributed by atoms with Gasteiger partial charge < -0.3 is 33.4 Å². The van der Waals surface area contributed by atoms with E-state index in [0.29, 0.717) is 80.6 Å². The summed E-state index contributed by atoms with van der Waals surface area (Å²) >= 11 is 1.45. The van der Waals surface area contributed by atoms with Gasteiger partial charge in [0.1, 0.15) is 35.0 Å². The molecule has 9 nitrogen and oxygen atoms in total. The van der Waals surface area contributed by atoms with E-state index in [1.807, 2.05) is 0 Å². The van der Waals surface area contributed by atoms with Gasteiger partial charge in [-0.05, 0) is 31.9 Å². The molecule has 0 spiro atoms.